The van der Waals surface area contributed by atoms with Crippen LogP contribution in [0.2, 0.25) is 5.02 Å². The van der Waals surface area contributed by atoms with Crippen LogP contribution in [0.25, 0.3) is 0 Å². The summed E-state index contributed by atoms with van der Waals surface area (Å²) in [5.41, 5.74) is 2.42. The van der Waals surface area contributed by atoms with E-state index in [4.69, 9.17) is 16.3 Å². The van der Waals surface area contributed by atoms with E-state index < -0.39 is 6.10 Å². The van der Waals surface area contributed by atoms with E-state index in [-0.39, 0.29) is 5.91 Å². The fourth-order valence-corrected chi connectivity index (χ4v) is 2.45. The van der Waals surface area contributed by atoms with Gasteiger partial charge >= 0.3 is 0 Å². The molecular formula is C20H19ClN4O2. The lowest BCUT2D eigenvalue weighted by atomic mass is 10.2. The summed E-state index contributed by atoms with van der Waals surface area (Å²) < 4.78 is 5.62. The van der Waals surface area contributed by atoms with Crippen molar-refractivity contribution in [1.82, 2.24) is 9.97 Å². The number of hydrogen-bond acceptors (Lipinski definition) is 5. The SMILES string of the molecule is Cc1cc(Nc2ccc(NC(=O)C(C)Oc3ccc(Cl)cc3)cc2)ncn1. The molecule has 0 bridgehead atoms. The molecule has 138 valence electrons. The number of aromatic nitrogens is 2. The number of rotatable bonds is 6. The predicted molar refractivity (Wildman–Crippen MR) is 107 cm³/mol. The van der Waals surface area contributed by atoms with Gasteiger partial charge in [-0.3, -0.25) is 4.79 Å². The number of halogens is 1. The number of hydrogen-bond donors (Lipinski definition) is 2. The molecule has 0 saturated carbocycles. The van der Waals surface area contributed by atoms with Crippen LogP contribution < -0.4 is 15.4 Å². The molecule has 3 aromatic rings. The summed E-state index contributed by atoms with van der Waals surface area (Å²) in [6, 6.07) is 16.1. The van der Waals surface area contributed by atoms with E-state index in [0.717, 1.165) is 11.4 Å². The molecule has 1 unspecified atom stereocenters. The van der Waals surface area contributed by atoms with Gasteiger partial charge in [0.25, 0.3) is 5.91 Å². The summed E-state index contributed by atoms with van der Waals surface area (Å²) in [4.78, 5) is 20.5. The molecule has 7 heteroatoms. The van der Waals surface area contributed by atoms with Crippen LogP contribution in [0.15, 0.2) is 60.9 Å². The molecule has 3 rings (SSSR count). The first kappa shape index (κ1) is 18.7. The van der Waals surface area contributed by atoms with Crippen LogP contribution in [0.1, 0.15) is 12.6 Å². The van der Waals surface area contributed by atoms with Gasteiger partial charge in [0.1, 0.15) is 17.9 Å². The molecule has 2 N–H and O–H groups in total. The molecule has 27 heavy (non-hydrogen) atoms. The highest BCUT2D eigenvalue weighted by atomic mass is 35.5. The summed E-state index contributed by atoms with van der Waals surface area (Å²) in [6.07, 6.45) is 0.863. The monoisotopic (exact) mass is 382 g/mol. The second kappa shape index (κ2) is 8.51. The topological polar surface area (TPSA) is 76.1 Å². The molecule has 0 fully saturated rings. The number of ether oxygens (including phenoxy) is 1. The quantitative estimate of drug-likeness (QED) is 0.652. The standard InChI is InChI=1S/C20H19ClN4O2/c1-13-11-19(23-12-22-13)24-16-5-7-17(8-6-16)25-20(26)14(2)27-18-9-3-15(21)4-10-18/h3-12,14H,1-2H3,(H,25,26)(H,22,23,24). The predicted octanol–water partition coefficient (Wildman–Crippen LogP) is 4.59. The second-order valence-corrected chi connectivity index (χ2v) is 6.39. The van der Waals surface area contributed by atoms with E-state index in [1.54, 1.807) is 31.2 Å². The first-order valence-corrected chi connectivity index (χ1v) is 8.76. The molecule has 1 atom stereocenters. The van der Waals surface area contributed by atoms with Gasteiger partial charge in [-0.25, -0.2) is 9.97 Å². The summed E-state index contributed by atoms with van der Waals surface area (Å²) in [7, 11) is 0. The Labute approximate surface area is 162 Å². The summed E-state index contributed by atoms with van der Waals surface area (Å²) >= 11 is 5.84. The highest BCUT2D eigenvalue weighted by molar-refractivity contribution is 6.30. The maximum atomic E-state index is 12.3. The maximum absolute atomic E-state index is 12.3. The number of carbonyl (C=O) groups excluding carboxylic acids is 1. The van der Waals surface area contributed by atoms with Gasteiger partial charge in [-0.15, -0.1) is 0 Å². The van der Waals surface area contributed by atoms with Gasteiger partial charge in [-0.2, -0.15) is 0 Å². The van der Waals surface area contributed by atoms with Gasteiger partial charge < -0.3 is 15.4 Å². The highest BCUT2D eigenvalue weighted by Crippen LogP contribution is 2.19. The van der Waals surface area contributed by atoms with Crippen LogP contribution in [0.5, 0.6) is 5.75 Å². The molecule has 6 nitrogen and oxygen atoms in total. The van der Waals surface area contributed by atoms with Crippen molar-refractivity contribution in [3.63, 3.8) is 0 Å². The molecule has 0 spiro atoms. The zero-order valence-corrected chi connectivity index (χ0v) is 15.7. The Morgan fingerprint density at radius 2 is 1.70 bits per heavy atom. The number of carbonyl (C=O) groups is 1. The van der Waals surface area contributed by atoms with Gasteiger partial charge in [0.05, 0.1) is 0 Å². The van der Waals surface area contributed by atoms with E-state index in [9.17, 15) is 4.79 Å². The fourth-order valence-electron chi connectivity index (χ4n) is 2.32. The Hall–Kier alpha value is -3.12. The maximum Gasteiger partial charge on any atom is 0.265 e. The largest absolute Gasteiger partial charge is 0.481 e. The number of aryl methyl sites for hydroxylation is 1. The van der Waals surface area contributed by atoms with E-state index in [2.05, 4.69) is 20.6 Å². The van der Waals surface area contributed by atoms with Crippen molar-refractivity contribution in [1.29, 1.82) is 0 Å². The summed E-state index contributed by atoms with van der Waals surface area (Å²) in [5, 5.41) is 6.63. The lowest BCUT2D eigenvalue weighted by Crippen LogP contribution is -2.30. The minimum atomic E-state index is -0.645. The Bertz CT molecular complexity index is 914. The van der Waals surface area contributed by atoms with Crippen molar-refractivity contribution >= 4 is 34.7 Å². The van der Waals surface area contributed by atoms with Crippen LogP contribution in [0.4, 0.5) is 17.2 Å². The molecule has 0 aliphatic heterocycles. The van der Waals surface area contributed by atoms with Gasteiger partial charge in [0.15, 0.2) is 6.10 Å². The fraction of sp³-hybridized carbons (Fsp3) is 0.150. The van der Waals surface area contributed by atoms with E-state index >= 15 is 0 Å². The second-order valence-electron chi connectivity index (χ2n) is 5.95. The van der Waals surface area contributed by atoms with Crippen molar-refractivity contribution in [2.24, 2.45) is 0 Å². The van der Waals surface area contributed by atoms with Crippen molar-refractivity contribution in [2.75, 3.05) is 10.6 Å². The van der Waals surface area contributed by atoms with Crippen LogP contribution in [0, 0.1) is 6.92 Å². The third-order valence-corrected chi connectivity index (χ3v) is 3.98. The first-order chi connectivity index (χ1) is 13.0. The van der Waals surface area contributed by atoms with E-state index in [1.165, 1.54) is 6.33 Å². The minimum absolute atomic E-state index is 0.239. The zero-order chi connectivity index (χ0) is 19.2. The van der Waals surface area contributed by atoms with Gasteiger partial charge in [0.2, 0.25) is 0 Å². The normalized spacial score (nSPS) is 11.5. The lowest BCUT2D eigenvalue weighted by Gasteiger charge is -2.15. The molecule has 1 aromatic heterocycles. The van der Waals surface area contributed by atoms with E-state index in [0.29, 0.717) is 22.3 Å². The van der Waals surface area contributed by atoms with Crippen molar-refractivity contribution in [3.8, 4) is 5.75 Å². The molecule has 0 saturated heterocycles. The zero-order valence-electron chi connectivity index (χ0n) is 14.9. The number of nitrogens with one attached hydrogen (secondary N) is 2. The van der Waals surface area contributed by atoms with Crippen LogP contribution in [-0.4, -0.2) is 22.0 Å². The first-order valence-electron chi connectivity index (χ1n) is 8.38. The average molecular weight is 383 g/mol. The van der Waals surface area contributed by atoms with Gasteiger partial charge in [-0.05, 0) is 62.4 Å². The minimum Gasteiger partial charge on any atom is -0.481 e. The Morgan fingerprint density at radius 3 is 2.37 bits per heavy atom. The van der Waals surface area contributed by atoms with E-state index in [1.807, 2.05) is 37.3 Å². The Balaban J connectivity index is 1.56. The number of anilines is 3. The van der Waals surface area contributed by atoms with Crippen molar-refractivity contribution in [2.45, 2.75) is 20.0 Å². The third-order valence-electron chi connectivity index (χ3n) is 3.72. The molecule has 0 aliphatic rings. The van der Waals surface area contributed by atoms with Crippen LogP contribution in [-0.2, 0) is 4.79 Å². The smallest absolute Gasteiger partial charge is 0.265 e. The number of nitrogens with zero attached hydrogens (tertiary/aromatic N) is 2. The molecule has 0 aliphatic carbocycles. The summed E-state index contributed by atoms with van der Waals surface area (Å²) in [5.74, 6) is 1.06. The molecular weight excluding hydrogens is 364 g/mol. The van der Waals surface area contributed by atoms with Crippen LogP contribution >= 0.6 is 11.6 Å². The Kier molecular flexibility index (Phi) is 5.88. The molecule has 1 heterocycles. The molecule has 0 radical (unpaired) electrons. The lowest BCUT2D eigenvalue weighted by molar-refractivity contribution is -0.122. The Morgan fingerprint density at radius 1 is 1.04 bits per heavy atom. The highest BCUT2D eigenvalue weighted by Gasteiger charge is 2.15. The summed E-state index contributed by atoms with van der Waals surface area (Å²) in [6.45, 7) is 3.59. The van der Waals surface area contributed by atoms with Gasteiger partial charge in [-0.1, -0.05) is 11.6 Å². The van der Waals surface area contributed by atoms with Crippen molar-refractivity contribution in [3.05, 3.63) is 71.6 Å². The molecule has 1 amide bonds. The number of benzene rings is 2. The van der Waals surface area contributed by atoms with Crippen LogP contribution in [0.3, 0.4) is 0 Å². The van der Waals surface area contributed by atoms with Crippen molar-refractivity contribution < 1.29 is 9.53 Å². The van der Waals surface area contributed by atoms with Gasteiger partial charge in [0, 0.05) is 28.2 Å². The third kappa shape index (κ3) is 5.43. The number of amides is 1. The molecule has 2 aromatic carbocycles. The average Bonchev–Trinajstić information content (AvgIpc) is 2.65.